The first-order valence-corrected chi connectivity index (χ1v) is 11.0. The van der Waals surface area contributed by atoms with Crippen molar-refractivity contribution in [2.45, 2.75) is 36.7 Å². The predicted molar refractivity (Wildman–Crippen MR) is 104 cm³/mol. The number of aromatic nitrogens is 1. The van der Waals surface area contributed by atoms with Gasteiger partial charge < -0.3 is 14.6 Å². The van der Waals surface area contributed by atoms with Gasteiger partial charge in [-0.25, -0.2) is 8.42 Å². The quantitative estimate of drug-likeness (QED) is 0.828. The van der Waals surface area contributed by atoms with Crippen LogP contribution in [0.15, 0.2) is 41.4 Å². The second-order valence-corrected chi connectivity index (χ2v) is 9.25. The van der Waals surface area contributed by atoms with E-state index in [9.17, 15) is 13.2 Å². The molecule has 0 radical (unpaired) electrons. The Morgan fingerprint density at radius 2 is 2.11 bits per heavy atom. The van der Waals surface area contributed by atoms with E-state index in [4.69, 9.17) is 4.74 Å². The van der Waals surface area contributed by atoms with Crippen molar-refractivity contribution < 1.29 is 17.9 Å². The number of ether oxygens (including phenoxy) is 1. The number of nitrogens with zero attached hydrogens (tertiary/aromatic N) is 2. The zero-order valence-electron chi connectivity index (χ0n) is 15.9. The van der Waals surface area contributed by atoms with Crippen molar-refractivity contribution >= 4 is 15.9 Å². The number of nitrogens with one attached hydrogen (secondary N) is 1. The van der Waals surface area contributed by atoms with Crippen molar-refractivity contribution in [3.05, 3.63) is 53.3 Å². The summed E-state index contributed by atoms with van der Waals surface area (Å²) in [6, 6.07) is 8.75. The molecule has 0 saturated carbocycles. The Morgan fingerprint density at radius 1 is 1.25 bits per heavy atom. The lowest BCUT2D eigenvalue weighted by molar-refractivity contribution is 0.0729. The van der Waals surface area contributed by atoms with Crippen LogP contribution in [-0.2, 0) is 27.7 Å². The summed E-state index contributed by atoms with van der Waals surface area (Å²) in [7, 11) is -1.99. The van der Waals surface area contributed by atoms with Gasteiger partial charge in [-0.15, -0.1) is 0 Å². The second kappa shape index (κ2) is 7.69. The number of amides is 1. The molecule has 1 fully saturated rings. The van der Waals surface area contributed by atoms with Gasteiger partial charge in [-0.1, -0.05) is 6.07 Å². The van der Waals surface area contributed by atoms with Crippen molar-refractivity contribution in [2.75, 3.05) is 26.8 Å². The Hall–Kier alpha value is -2.16. The Kier molecular flexibility index (Phi) is 5.27. The lowest BCUT2D eigenvalue weighted by Crippen LogP contribution is -2.38. The van der Waals surface area contributed by atoms with E-state index >= 15 is 0 Å². The molecule has 28 heavy (non-hydrogen) atoms. The van der Waals surface area contributed by atoms with E-state index in [-0.39, 0.29) is 11.9 Å². The van der Waals surface area contributed by atoms with Gasteiger partial charge >= 0.3 is 0 Å². The standard InChI is InChI=1S/C20H25N3O4S/c1-27-14-17-4-3-10-23(17)28(25,26)18-7-6-15-8-11-22(13-16(15)12-18)20(24)19-5-2-9-21-19/h2,5-7,9,12,17,21H,3-4,8,10-11,13-14H2,1H3/t17-/m0/s1. The maximum absolute atomic E-state index is 13.2. The highest BCUT2D eigenvalue weighted by Gasteiger charge is 2.35. The average molecular weight is 404 g/mol. The smallest absolute Gasteiger partial charge is 0.270 e. The molecule has 0 bridgehead atoms. The Morgan fingerprint density at radius 3 is 2.86 bits per heavy atom. The highest BCUT2D eigenvalue weighted by Crippen LogP contribution is 2.29. The molecule has 0 spiro atoms. The van der Waals surface area contributed by atoms with Crippen LogP contribution in [0.4, 0.5) is 0 Å². The predicted octanol–water partition coefficient (Wildman–Crippen LogP) is 2.01. The fraction of sp³-hybridized carbons (Fsp3) is 0.450. The largest absolute Gasteiger partial charge is 0.383 e. The van der Waals surface area contributed by atoms with Gasteiger partial charge in [-0.2, -0.15) is 4.31 Å². The third-order valence-electron chi connectivity index (χ3n) is 5.59. The fourth-order valence-electron chi connectivity index (χ4n) is 4.12. The molecule has 0 unspecified atom stereocenters. The summed E-state index contributed by atoms with van der Waals surface area (Å²) in [6.07, 6.45) is 4.10. The van der Waals surface area contributed by atoms with E-state index in [1.807, 2.05) is 6.07 Å². The molecule has 2 aliphatic rings. The highest BCUT2D eigenvalue weighted by atomic mass is 32.2. The van der Waals surface area contributed by atoms with E-state index < -0.39 is 10.0 Å². The number of benzene rings is 1. The molecule has 2 aliphatic heterocycles. The van der Waals surface area contributed by atoms with Crippen molar-refractivity contribution in [2.24, 2.45) is 0 Å². The van der Waals surface area contributed by atoms with Crippen molar-refractivity contribution in [1.29, 1.82) is 0 Å². The molecule has 3 heterocycles. The Labute approximate surface area is 165 Å². The van der Waals surface area contributed by atoms with Crippen LogP contribution in [0.25, 0.3) is 0 Å². The van der Waals surface area contributed by atoms with Crippen LogP contribution in [0.5, 0.6) is 0 Å². The first kappa shape index (κ1) is 19.2. The molecule has 4 rings (SSSR count). The van der Waals surface area contributed by atoms with E-state index in [2.05, 4.69) is 4.98 Å². The topological polar surface area (TPSA) is 82.7 Å². The number of carbonyl (C=O) groups excluding carboxylic acids is 1. The fourth-order valence-corrected chi connectivity index (χ4v) is 5.85. The summed E-state index contributed by atoms with van der Waals surface area (Å²) in [4.78, 5) is 17.6. The molecule has 1 atom stereocenters. The van der Waals surface area contributed by atoms with Crippen LogP contribution in [0.1, 0.15) is 34.5 Å². The number of aromatic amines is 1. The molecule has 0 aliphatic carbocycles. The minimum absolute atomic E-state index is 0.0661. The lowest BCUT2D eigenvalue weighted by Gasteiger charge is -2.29. The highest BCUT2D eigenvalue weighted by molar-refractivity contribution is 7.89. The number of H-pyrrole nitrogens is 1. The van der Waals surface area contributed by atoms with Gasteiger partial charge in [0, 0.05) is 39.0 Å². The van der Waals surface area contributed by atoms with Crippen LogP contribution in [0, 0.1) is 0 Å². The van der Waals surface area contributed by atoms with Gasteiger partial charge in [-0.05, 0) is 54.7 Å². The van der Waals surface area contributed by atoms with Crippen molar-refractivity contribution in [1.82, 2.24) is 14.2 Å². The van der Waals surface area contributed by atoms with E-state index in [1.54, 1.807) is 46.8 Å². The minimum atomic E-state index is -3.58. The van der Waals surface area contributed by atoms with Crippen LogP contribution < -0.4 is 0 Å². The monoisotopic (exact) mass is 403 g/mol. The first-order chi connectivity index (χ1) is 13.5. The molecular formula is C20H25N3O4S. The summed E-state index contributed by atoms with van der Waals surface area (Å²) in [5.74, 6) is -0.0661. The normalized spacial score (nSPS) is 20.3. The molecular weight excluding hydrogens is 378 g/mol. The number of hydrogen-bond donors (Lipinski definition) is 1. The van der Waals surface area contributed by atoms with Crippen molar-refractivity contribution in [3.8, 4) is 0 Å². The van der Waals surface area contributed by atoms with Crippen molar-refractivity contribution in [3.63, 3.8) is 0 Å². The SMILES string of the molecule is COC[C@@H]1CCCN1S(=O)(=O)c1ccc2c(c1)CN(C(=O)c1ccc[nH]1)CC2. The number of rotatable bonds is 5. The minimum Gasteiger partial charge on any atom is -0.383 e. The number of sulfonamides is 1. The summed E-state index contributed by atoms with van der Waals surface area (Å²) >= 11 is 0. The molecule has 150 valence electrons. The molecule has 1 saturated heterocycles. The number of hydrogen-bond acceptors (Lipinski definition) is 4. The van der Waals surface area contributed by atoms with Gasteiger partial charge in [0.15, 0.2) is 0 Å². The third-order valence-corrected chi connectivity index (χ3v) is 7.54. The third kappa shape index (κ3) is 3.47. The maximum atomic E-state index is 13.2. The molecule has 7 nitrogen and oxygen atoms in total. The van der Waals surface area contributed by atoms with E-state index in [1.165, 1.54) is 0 Å². The van der Waals surface area contributed by atoms with Gasteiger partial charge in [0.1, 0.15) is 5.69 Å². The zero-order chi connectivity index (χ0) is 19.7. The number of carbonyl (C=O) groups is 1. The second-order valence-electron chi connectivity index (χ2n) is 7.36. The molecule has 1 amide bonds. The maximum Gasteiger partial charge on any atom is 0.270 e. The first-order valence-electron chi connectivity index (χ1n) is 9.56. The van der Waals surface area contributed by atoms with Crippen LogP contribution in [-0.4, -0.2) is 61.4 Å². The molecule has 2 aromatic rings. The molecule has 1 aromatic heterocycles. The molecule has 1 N–H and O–H groups in total. The zero-order valence-corrected chi connectivity index (χ0v) is 16.7. The summed E-state index contributed by atoms with van der Waals surface area (Å²) in [6.45, 7) is 1.96. The average Bonchev–Trinajstić information content (AvgIpc) is 3.39. The molecule has 1 aromatic carbocycles. The Balaban J connectivity index is 1.59. The van der Waals surface area contributed by atoms with Gasteiger partial charge in [-0.3, -0.25) is 4.79 Å². The summed E-state index contributed by atoms with van der Waals surface area (Å²) < 4.78 is 33.1. The van der Waals surface area contributed by atoms with Crippen LogP contribution in [0.2, 0.25) is 0 Å². The number of fused-ring (bicyclic) bond motifs is 1. The van der Waals surface area contributed by atoms with Gasteiger partial charge in [0.25, 0.3) is 5.91 Å². The van der Waals surface area contributed by atoms with Crippen LogP contribution in [0.3, 0.4) is 0 Å². The lowest BCUT2D eigenvalue weighted by atomic mass is 9.99. The Bertz CT molecular complexity index is 956. The van der Waals surface area contributed by atoms with E-state index in [0.29, 0.717) is 36.8 Å². The summed E-state index contributed by atoms with van der Waals surface area (Å²) in [5.41, 5.74) is 2.55. The van der Waals surface area contributed by atoms with E-state index in [0.717, 1.165) is 30.4 Å². The summed E-state index contributed by atoms with van der Waals surface area (Å²) in [5, 5.41) is 0. The number of methoxy groups -OCH3 is 1. The van der Waals surface area contributed by atoms with Gasteiger partial charge in [0.2, 0.25) is 10.0 Å². The van der Waals surface area contributed by atoms with Crippen LogP contribution >= 0.6 is 0 Å². The van der Waals surface area contributed by atoms with Gasteiger partial charge in [0.05, 0.1) is 11.5 Å². The molecule has 8 heteroatoms.